The number of amides is 1. The van der Waals surface area contributed by atoms with Crippen LogP contribution in [0.3, 0.4) is 0 Å². The lowest BCUT2D eigenvalue weighted by atomic mass is 10.2. The maximum absolute atomic E-state index is 12.9. The second-order valence-corrected chi connectivity index (χ2v) is 9.76. The molecule has 6 nitrogen and oxygen atoms in total. The number of hydrogen-bond acceptors (Lipinski definition) is 5. The minimum absolute atomic E-state index is 0.170. The smallest absolute Gasteiger partial charge is 0.251 e. The van der Waals surface area contributed by atoms with Crippen LogP contribution < -0.4 is 5.32 Å². The van der Waals surface area contributed by atoms with Gasteiger partial charge in [0.25, 0.3) is 5.91 Å². The number of nitrogens with one attached hydrogen (secondary N) is 1. The van der Waals surface area contributed by atoms with E-state index in [0.717, 1.165) is 10.6 Å². The lowest BCUT2D eigenvalue weighted by molar-refractivity contribution is 0.0956. The molecule has 0 spiro atoms. The van der Waals surface area contributed by atoms with E-state index in [1.807, 2.05) is 37.4 Å². The molecule has 1 aliphatic rings. The first-order valence-corrected chi connectivity index (χ1v) is 11.6. The van der Waals surface area contributed by atoms with Crippen molar-refractivity contribution in [3.05, 3.63) is 60.2 Å². The zero-order valence-corrected chi connectivity index (χ0v) is 17.5. The van der Waals surface area contributed by atoms with E-state index >= 15 is 0 Å². The Morgan fingerprint density at radius 1 is 1.04 bits per heavy atom. The molecule has 2 aromatic rings. The number of benzene rings is 2. The molecule has 0 saturated carbocycles. The average Bonchev–Trinajstić information content (AvgIpc) is 2.72. The van der Waals surface area contributed by atoms with Gasteiger partial charge in [-0.05, 0) is 37.4 Å². The lowest BCUT2D eigenvalue weighted by Gasteiger charge is -2.31. The van der Waals surface area contributed by atoms with Crippen LogP contribution in [0.1, 0.15) is 10.4 Å². The van der Waals surface area contributed by atoms with Gasteiger partial charge in [-0.15, -0.1) is 11.8 Å². The summed E-state index contributed by atoms with van der Waals surface area (Å²) in [6.07, 6.45) is 0. The number of sulfonamides is 1. The Hall–Kier alpha value is -1.87. The van der Waals surface area contributed by atoms with Gasteiger partial charge >= 0.3 is 0 Å². The molecule has 0 aliphatic carbocycles. The molecule has 0 aromatic heterocycles. The molecule has 28 heavy (non-hydrogen) atoms. The van der Waals surface area contributed by atoms with Crippen molar-refractivity contribution in [2.45, 2.75) is 9.79 Å². The van der Waals surface area contributed by atoms with E-state index in [4.69, 9.17) is 0 Å². The fourth-order valence-electron chi connectivity index (χ4n) is 2.93. The van der Waals surface area contributed by atoms with E-state index in [9.17, 15) is 13.2 Å². The molecule has 1 heterocycles. The van der Waals surface area contributed by atoms with Gasteiger partial charge in [0.15, 0.2) is 0 Å². The van der Waals surface area contributed by atoms with E-state index in [-0.39, 0.29) is 10.8 Å². The normalized spacial score (nSPS) is 16.0. The zero-order chi connectivity index (χ0) is 20.0. The lowest BCUT2D eigenvalue weighted by Crippen LogP contribution is -2.47. The van der Waals surface area contributed by atoms with Crippen molar-refractivity contribution in [1.29, 1.82) is 0 Å². The molecule has 1 amide bonds. The minimum atomic E-state index is -3.58. The Bertz CT molecular complexity index is 896. The Morgan fingerprint density at radius 2 is 1.75 bits per heavy atom. The molecule has 1 fully saturated rings. The van der Waals surface area contributed by atoms with Gasteiger partial charge < -0.3 is 10.2 Å². The van der Waals surface area contributed by atoms with Crippen molar-refractivity contribution in [1.82, 2.24) is 14.5 Å². The first-order valence-electron chi connectivity index (χ1n) is 9.21. The highest BCUT2D eigenvalue weighted by atomic mass is 32.2. The number of likely N-dealkylation sites (N-methyl/N-ethyl adjacent to an activating group) is 1. The highest BCUT2D eigenvalue weighted by molar-refractivity contribution is 7.99. The largest absolute Gasteiger partial charge is 0.351 e. The molecular formula is C20H25N3O3S2. The van der Waals surface area contributed by atoms with Crippen LogP contribution in [0.4, 0.5) is 0 Å². The predicted octanol–water partition coefficient (Wildman–Crippen LogP) is 2.14. The van der Waals surface area contributed by atoms with E-state index in [1.54, 1.807) is 30.0 Å². The summed E-state index contributed by atoms with van der Waals surface area (Å²) in [4.78, 5) is 15.8. The zero-order valence-electron chi connectivity index (χ0n) is 15.9. The molecule has 1 aliphatic heterocycles. The van der Waals surface area contributed by atoms with Crippen LogP contribution in [0.25, 0.3) is 0 Å². The summed E-state index contributed by atoms with van der Waals surface area (Å²) in [7, 11) is -1.60. The first-order chi connectivity index (χ1) is 13.5. The molecule has 8 heteroatoms. The number of carbonyl (C=O) groups is 1. The van der Waals surface area contributed by atoms with Crippen LogP contribution in [0.15, 0.2) is 64.4 Å². The molecule has 0 radical (unpaired) electrons. The summed E-state index contributed by atoms with van der Waals surface area (Å²) in [5, 5.41) is 2.86. The molecule has 3 rings (SSSR count). The van der Waals surface area contributed by atoms with Gasteiger partial charge in [-0.2, -0.15) is 4.31 Å². The molecule has 0 atom stereocenters. The van der Waals surface area contributed by atoms with Crippen molar-refractivity contribution < 1.29 is 13.2 Å². The number of thioether (sulfide) groups is 1. The van der Waals surface area contributed by atoms with Gasteiger partial charge in [0.05, 0.1) is 4.90 Å². The monoisotopic (exact) mass is 419 g/mol. The summed E-state index contributed by atoms with van der Waals surface area (Å²) in [6, 6.07) is 16.3. The molecule has 150 valence electrons. The van der Waals surface area contributed by atoms with Crippen molar-refractivity contribution in [3.8, 4) is 0 Å². The van der Waals surface area contributed by atoms with Crippen LogP contribution >= 0.6 is 11.8 Å². The summed E-state index contributed by atoms with van der Waals surface area (Å²) in [5.41, 5.74) is 0.361. The molecule has 2 aromatic carbocycles. The Morgan fingerprint density at radius 3 is 2.46 bits per heavy atom. The summed E-state index contributed by atoms with van der Waals surface area (Å²) in [6.45, 7) is 2.85. The van der Waals surface area contributed by atoms with Gasteiger partial charge in [-0.3, -0.25) is 4.79 Å². The molecule has 0 unspecified atom stereocenters. The third-order valence-corrected chi connectivity index (χ3v) is 7.50. The summed E-state index contributed by atoms with van der Waals surface area (Å²) in [5.74, 6) is 0.485. The summed E-state index contributed by atoms with van der Waals surface area (Å²) >= 11 is 1.66. The summed E-state index contributed by atoms with van der Waals surface area (Å²) < 4.78 is 27.2. The van der Waals surface area contributed by atoms with E-state index < -0.39 is 10.0 Å². The number of piperazine rings is 1. The van der Waals surface area contributed by atoms with Crippen molar-refractivity contribution in [2.75, 3.05) is 45.5 Å². The Kier molecular flexibility index (Phi) is 7.12. The predicted molar refractivity (Wildman–Crippen MR) is 112 cm³/mol. The van der Waals surface area contributed by atoms with Crippen LogP contribution in [0.2, 0.25) is 0 Å². The van der Waals surface area contributed by atoms with Crippen LogP contribution in [0, 0.1) is 0 Å². The Labute approximate surface area is 171 Å². The third kappa shape index (κ3) is 5.35. The van der Waals surface area contributed by atoms with Crippen molar-refractivity contribution in [2.24, 2.45) is 0 Å². The van der Waals surface area contributed by atoms with Crippen molar-refractivity contribution >= 4 is 27.7 Å². The highest BCUT2D eigenvalue weighted by Crippen LogP contribution is 2.19. The van der Waals surface area contributed by atoms with Crippen LogP contribution in [-0.4, -0.2) is 69.1 Å². The van der Waals surface area contributed by atoms with Gasteiger partial charge in [0.1, 0.15) is 0 Å². The maximum Gasteiger partial charge on any atom is 0.251 e. The maximum atomic E-state index is 12.9. The number of rotatable bonds is 7. The van der Waals surface area contributed by atoms with Gasteiger partial charge in [0, 0.05) is 48.9 Å². The molecular weight excluding hydrogens is 394 g/mol. The van der Waals surface area contributed by atoms with Crippen LogP contribution in [-0.2, 0) is 10.0 Å². The van der Waals surface area contributed by atoms with Gasteiger partial charge in [-0.1, -0.05) is 24.3 Å². The van der Waals surface area contributed by atoms with E-state index in [2.05, 4.69) is 10.2 Å². The van der Waals surface area contributed by atoms with Crippen LogP contribution in [0.5, 0.6) is 0 Å². The highest BCUT2D eigenvalue weighted by Gasteiger charge is 2.27. The topological polar surface area (TPSA) is 69.7 Å². The average molecular weight is 420 g/mol. The Balaban J connectivity index is 1.58. The molecule has 0 bridgehead atoms. The van der Waals surface area contributed by atoms with Gasteiger partial charge in [0.2, 0.25) is 10.0 Å². The SMILES string of the molecule is CN1CCN(S(=O)(=O)c2cccc(C(=O)NCCSc3ccccc3)c2)CC1. The van der Waals surface area contributed by atoms with E-state index in [1.165, 1.54) is 10.4 Å². The third-order valence-electron chi connectivity index (χ3n) is 4.60. The molecule has 1 saturated heterocycles. The number of nitrogens with zero attached hydrogens (tertiary/aromatic N) is 2. The quantitative estimate of drug-likeness (QED) is 0.550. The number of carbonyl (C=O) groups excluding carboxylic acids is 1. The second-order valence-electron chi connectivity index (χ2n) is 6.65. The standard InChI is InChI=1S/C20H25N3O3S2/c1-22-11-13-23(14-12-22)28(25,26)19-9-5-6-17(16-19)20(24)21-10-15-27-18-7-3-2-4-8-18/h2-9,16H,10-15H2,1H3,(H,21,24). The van der Waals surface area contributed by atoms with E-state index in [0.29, 0.717) is 38.3 Å². The fourth-order valence-corrected chi connectivity index (χ4v) is 5.19. The second kappa shape index (κ2) is 9.56. The number of hydrogen-bond donors (Lipinski definition) is 1. The fraction of sp³-hybridized carbons (Fsp3) is 0.350. The minimum Gasteiger partial charge on any atom is -0.351 e. The van der Waals surface area contributed by atoms with Gasteiger partial charge in [-0.25, -0.2) is 8.42 Å². The molecule has 1 N–H and O–H groups in total. The van der Waals surface area contributed by atoms with Crippen molar-refractivity contribution in [3.63, 3.8) is 0 Å². The first kappa shape index (κ1) is 20.9.